The van der Waals surface area contributed by atoms with Gasteiger partial charge in [0.25, 0.3) is 0 Å². The molecule has 13 heavy (non-hydrogen) atoms. The summed E-state index contributed by atoms with van der Waals surface area (Å²) in [4.78, 5) is 15.0. The number of methoxy groups -OCH3 is 1. The van der Waals surface area contributed by atoms with Crippen molar-refractivity contribution in [2.45, 2.75) is 0 Å². The van der Waals surface area contributed by atoms with Crippen LogP contribution < -0.4 is 10.6 Å². The first kappa shape index (κ1) is 9.94. The van der Waals surface area contributed by atoms with Crippen LogP contribution in [-0.2, 0) is 4.74 Å². The molecule has 0 saturated heterocycles. The molecule has 0 unspecified atom stereocenters. The lowest BCUT2D eigenvalue weighted by molar-refractivity contribution is 0.198. The van der Waals surface area contributed by atoms with Crippen molar-refractivity contribution >= 4 is 22.5 Å². The van der Waals surface area contributed by atoms with Crippen LogP contribution in [0.3, 0.4) is 0 Å². The number of carbonyl (C=O) groups is 1. The van der Waals surface area contributed by atoms with Gasteiger partial charge in [-0.1, -0.05) is 0 Å². The quantitative estimate of drug-likeness (QED) is 0.712. The summed E-state index contributed by atoms with van der Waals surface area (Å²) >= 11 is 1.38. The number of hydrogen-bond donors (Lipinski definition) is 2. The molecule has 2 N–H and O–H groups in total. The molecule has 1 heterocycles. The van der Waals surface area contributed by atoms with Crippen LogP contribution in [0.1, 0.15) is 0 Å². The third kappa shape index (κ3) is 3.86. The Morgan fingerprint density at radius 1 is 1.77 bits per heavy atom. The van der Waals surface area contributed by atoms with E-state index in [4.69, 9.17) is 4.74 Å². The van der Waals surface area contributed by atoms with Crippen LogP contribution >= 0.6 is 11.3 Å². The number of thiazole rings is 1. The number of urea groups is 1. The number of carbonyl (C=O) groups excluding carboxylic acids is 1. The number of aromatic nitrogens is 1. The number of hydrogen-bond acceptors (Lipinski definition) is 4. The van der Waals surface area contributed by atoms with Gasteiger partial charge < -0.3 is 10.1 Å². The van der Waals surface area contributed by atoms with E-state index >= 15 is 0 Å². The number of amides is 2. The van der Waals surface area contributed by atoms with E-state index in [2.05, 4.69) is 15.6 Å². The van der Waals surface area contributed by atoms with Gasteiger partial charge >= 0.3 is 6.03 Å². The first-order valence-electron chi connectivity index (χ1n) is 3.76. The number of anilines is 1. The maximum atomic E-state index is 11.1. The summed E-state index contributed by atoms with van der Waals surface area (Å²) in [5, 5.41) is 7.58. The van der Waals surface area contributed by atoms with E-state index in [1.165, 1.54) is 11.3 Å². The summed E-state index contributed by atoms with van der Waals surface area (Å²) in [6, 6.07) is -0.257. The average molecular weight is 201 g/mol. The third-order valence-electron chi connectivity index (χ3n) is 1.24. The molecule has 6 heteroatoms. The fourth-order valence-electron chi connectivity index (χ4n) is 0.693. The van der Waals surface area contributed by atoms with Crippen LogP contribution in [0.4, 0.5) is 9.93 Å². The SMILES string of the molecule is COCCNC(=O)Nc1nccs1. The molecule has 0 aliphatic heterocycles. The van der Waals surface area contributed by atoms with E-state index in [1.54, 1.807) is 18.7 Å². The zero-order valence-electron chi connectivity index (χ0n) is 7.24. The Hall–Kier alpha value is -1.14. The van der Waals surface area contributed by atoms with Gasteiger partial charge in [0.05, 0.1) is 6.61 Å². The van der Waals surface area contributed by atoms with Crippen molar-refractivity contribution in [3.05, 3.63) is 11.6 Å². The zero-order chi connectivity index (χ0) is 9.52. The lowest BCUT2D eigenvalue weighted by Gasteiger charge is -2.03. The molecule has 0 saturated carbocycles. The molecule has 0 aliphatic carbocycles. The summed E-state index contributed by atoms with van der Waals surface area (Å²) in [5.41, 5.74) is 0. The smallest absolute Gasteiger partial charge is 0.321 e. The zero-order valence-corrected chi connectivity index (χ0v) is 8.06. The van der Waals surface area contributed by atoms with Crippen LogP contribution in [0.25, 0.3) is 0 Å². The van der Waals surface area contributed by atoms with Gasteiger partial charge in [0.15, 0.2) is 5.13 Å². The Morgan fingerprint density at radius 3 is 3.23 bits per heavy atom. The lowest BCUT2D eigenvalue weighted by atomic mass is 10.7. The van der Waals surface area contributed by atoms with Crippen LogP contribution in [0.15, 0.2) is 11.6 Å². The highest BCUT2D eigenvalue weighted by molar-refractivity contribution is 7.13. The van der Waals surface area contributed by atoms with Crippen LogP contribution in [0, 0.1) is 0 Å². The lowest BCUT2D eigenvalue weighted by Crippen LogP contribution is -2.31. The van der Waals surface area contributed by atoms with Crippen molar-refractivity contribution in [2.75, 3.05) is 25.6 Å². The number of nitrogens with zero attached hydrogens (tertiary/aromatic N) is 1. The minimum absolute atomic E-state index is 0.257. The molecule has 0 spiro atoms. The Labute approximate surface area is 80.1 Å². The normalized spacial score (nSPS) is 9.62. The first-order chi connectivity index (χ1) is 6.33. The van der Waals surface area contributed by atoms with E-state index in [0.717, 1.165) is 0 Å². The van der Waals surface area contributed by atoms with Crippen molar-refractivity contribution < 1.29 is 9.53 Å². The molecular formula is C7H11N3O2S. The molecule has 0 aliphatic rings. The summed E-state index contributed by atoms with van der Waals surface area (Å²) in [6.07, 6.45) is 1.63. The van der Waals surface area contributed by atoms with Gasteiger partial charge in [-0.2, -0.15) is 0 Å². The minimum atomic E-state index is -0.257. The van der Waals surface area contributed by atoms with E-state index < -0.39 is 0 Å². The summed E-state index contributed by atoms with van der Waals surface area (Å²) in [6.45, 7) is 0.999. The summed E-state index contributed by atoms with van der Waals surface area (Å²) in [5.74, 6) is 0. The average Bonchev–Trinajstić information content (AvgIpc) is 2.57. The Bertz CT molecular complexity index is 250. The van der Waals surface area contributed by atoms with E-state index in [9.17, 15) is 4.79 Å². The molecule has 0 bridgehead atoms. The standard InChI is InChI=1S/C7H11N3O2S/c1-12-4-2-8-6(11)10-7-9-3-5-13-7/h3,5H,2,4H2,1H3,(H2,8,9,10,11). The number of ether oxygens (including phenoxy) is 1. The van der Waals surface area contributed by atoms with E-state index in [1.807, 2.05) is 0 Å². The van der Waals surface area contributed by atoms with Gasteiger partial charge in [0.1, 0.15) is 0 Å². The van der Waals surface area contributed by atoms with E-state index in [-0.39, 0.29) is 6.03 Å². The predicted molar refractivity (Wildman–Crippen MR) is 51.0 cm³/mol. The van der Waals surface area contributed by atoms with Crippen LogP contribution in [0.2, 0.25) is 0 Å². The largest absolute Gasteiger partial charge is 0.383 e. The van der Waals surface area contributed by atoms with Crippen LogP contribution in [0.5, 0.6) is 0 Å². The van der Waals surface area contributed by atoms with Crippen molar-refractivity contribution in [1.82, 2.24) is 10.3 Å². The van der Waals surface area contributed by atoms with Gasteiger partial charge in [0, 0.05) is 25.2 Å². The number of rotatable bonds is 4. The predicted octanol–water partition coefficient (Wildman–Crippen LogP) is 0.911. The van der Waals surface area contributed by atoms with Gasteiger partial charge in [-0.3, -0.25) is 5.32 Å². The minimum Gasteiger partial charge on any atom is -0.383 e. The maximum Gasteiger partial charge on any atom is 0.321 e. The van der Waals surface area contributed by atoms with Crippen LogP contribution in [-0.4, -0.2) is 31.3 Å². The van der Waals surface area contributed by atoms with E-state index in [0.29, 0.717) is 18.3 Å². The Balaban J connectivity index is 2.18. The van der Waals surface area contributed by atoms with Gasteiger partial charge in [-0.25, -0.2) is 9.78 Å². The molecule has 1 aromatic rings. The van der Waals surface area contributed by atoms with Gasteiger partial charge in [-0.05, 0) is 0 Å². The van der Waals surface area contributed by atoms with Crippen molar-refractivity contribution in [2.24, 2.45) is 0 Å². The summed E-state index contributed by atoms with van der Waals surface area (Å²) < 4.78 is 4.77. The third-order valence-corrected chi connectivity index (χ3v) is 1.93. The molecule has 5 nitrogen and oxygen atoms in total. The topological polar surface area (TPSA) is 63.2 Å². The Kier molecular flexibility index (Phi) is 4.20. The molecule has 0 atom stereocenters. The highest BCUT2D eigenvalue weighted by Crippen LogP contribution is 2.09. The van der Waals surface area contributed by atoms with Gasteiger partial charge in [0.2, 0.25) is 0 Å². The molecule has 0 fully saturated rings. The molecule has 1 rings (SSSR count). The second-order valence-electron chi connectivity index (χ2n) is 2.21. The number of nitrogens with one attached hydrogen (secondary N) is 2. The second-order valence-corrected chi connectivity index (χ2v) is 3.11. The van der Waals surface area contributed by atoms with Crippen molar-refractivity contribution in [3.63, 3.8) is 0 Å². The monoisotopic (exact) mass is 201 g/mol. The molecule has 72 valence electrons. The second kappa shape index (κ2) is 5.50. The highest BCUT2D eigenvalue weighted by atomic mass is 32.1. The molecular weight excluding hydrogens is 190 g/mol. The fraction of sp³-hybridized carbons (Fsp3) is 0.429. The molecule has 0 aromatic carbocycles. The first-order valence-corrected chi connectivity index (χ1v) is 4.64. The molecule has 2 amide bonds. The van der Waals surface area contributed by atoms with Crippen molar-refractivity contribution in [3.8, 4) is 0 Å². The highest BCUT2D eigenvalue weighted by Gasteiger charge is 2.01. The maximum absolute atomic E-state index is 11.1. The summed E-state index contributed by atoms with van der Waals surface area (Å²) in [7, 11) is 1.58. The van der Waals surface area contributed by atoms with Crippen molar-refractivity contribution in [1.29, 1.82) is 0 Å². The fourth-order valence-corrected chi connectivity index (χ4v) is 1.22. The molecule has 0 radical (unpaired) electrons. The van der Waals surface area contributed by atoms with Gasteiger partial charge in [-0.15, -0.1) is 11.3 Å². The Morgan fingerprint density at radius 2 is 2.62 bits per heavy atom. The molecule has 1 aromatic heterocycles.